The number of aldehydes is 1. The zero-order valence-corrected chi connectivity index (χ0v) is 9.77. The molecule has 2 rings (SSSR count). The van der Waals surface area contributed by atoms with Crippen molar-refractivity contribution in [3.63, 3.8) is 0 Å². The SMILES string of the molecule is Cc1cc(C=O)c(C)n1-c1ccc(C#N)cc1. The number of nitriles is 1. The van der Waals surface area contributed by atoms with E-state index in [9.17, 15) is 4.79 Å². The van der Waals surface area contributed by atoms with Crippen LogP contribution in [0.4, 0.5) is 0 Å². The molecule has 2 aromatic rings. The highest BCUT2D eigenvalue weighted by Crippen LogP contribution is 2.19. The molecule has 0 bridgehead atoms. The smallest absolute Gasteiger partial charge is 0.151 e. The highest BCUT2D eigenvalue weighted by atomic mass is 16.1. The largest absolute Gasteiger partial charge is 0.318 e. The summed E-state index contributed by atoms with van der Waals surface area (Å²) in [5.74, 6) is 0. The molecule has 0 amide bonds. The minimum absolute atomic E-state index is 0.631. The summed E-state index contributed by atoms with van der Waals surface area (Å²) in [4.78, 5) is 10.9. The number of benzene rings is 1. The molecule has 0 aliphatic heterocycles. The van der Waals surface area contributed by atoms with Gasteiger partial charge in [-0.05, 0) is 44.2 Å². The van der Waals surface area contributed by atoms with Crippen molar-refractivity contribution >= 4 is 6.29 Å². The molecule has 0 saturated carbocycles. The molecule has 0 aliphatic carbocycles. The maximum atomic E-state index is 10.9. The van der Waals surface area contributed by atoms with Gasteiger partial charge in [0, 0.05) is 22.6 Å². The van der Waals surface area contributed by atoms with Gasteiger partial charge < -0.3 is 4.57 Å². The molecule has 1 aromatic carbocycles. The van der Waals surface area contributed by atoms with Gasteiger partial charge in [-0.25, -0.2) is 0 Å². The molecule has 1 heterocycles. The molecule has 17 heavy (non-hydrogen) atoms. The van der Waals surface area contributed by atoms with E-state index in [0.29, 0.717) is 11.1 Å². The second kappa shape index (κ2) is 4.26. The minimum atomic E-state index is 0.631. The van der Waals surface area contributed by atoms with E-state index in [1.807, 2.05) is 36.6 Å². The van der Waals surface area contributed by atoms with Crippen molar-refractivity contribution in [2.45, 2.75) is 13.8 Å². The average molecular weight is 224 g/mol. The molecule has 0 radical (unpaired) electrons. The van der Waals surface area contributed by atoms with E-state index in [-0.39, 0.29) is 0 Å². The van der Waals surface area contributed by atoms with Gasteiger partial charge in [0.05, 0.1) is 11.6 Å². The molecular weight excluding hydrogens is 212 g/mol. The Bertz CT molecular complexity index is 600. The fraction of sp³-hybridized carbons (Fsp3) is 0.143. The number of aromatic nitrogens is 1. The van der Waals surface area contributed by atoms with Crippen molar-refractivity contribution < 1.29 is 4.79 Å². The predicted molar refractivity (Wildman–Crippen MR) is 65.3 cm³/mol. The fourth-order valence-corrected chi connectivity index (χ4v) is 1.99. The highest BCUT2D eigenvalue weighted by Gasteiger charge is 2.09. The Morgan fingerprint density at radius 3 is 2.35 bits per heavy atom. The predicted octanol–water partition coefficient (Wildman–Crippen LogP) is 2.78. The van der Waals surface area contributed by atoms with Gasteiger partial charge in [0.25, 0.3) is 0 Å². The number of rotatable bonds is 2. The molecule has 0 saturated heterocycles. The molecule has 0 aliphatic rings. The van der Waals surface area contributed by atoms with Crippen LogP contribution in [0.15, 0.2) is 30.3 Å². The van der Waals surface area contributed by atoms with E-state index in [1.54, 1.807) is 12.1 Å². The Hall–Kier alpha value is -2.34. The lowest BCUT2D eigenvalue weighted by Gasteiger charge is -2.09. The van der Waals surface area contributed by atoms with Gasteiger partial charge in [0.15, 0.2) is 6.29 Å². The van der Waals surface area contributed by atoms with E-state index in [1.165, 1.54) is 0 Å². The second-order valence-corrected chi connectivity index (χ2v) is 3.94. The number of carbonyl (C=O) groups is 1. The lowest BCUT2D eigenvalue weighted by atomic mass is 10.2. The number of carbonyl (C=O) groups excluding carboxylic acids is 1. The van der Waals surface area contributed by atoms with E-state index in [2.05, 4.69) is 6.07 Å². The Morgan fingerprint density at radius 2 is 1.88 bits per heavy atom. The fourth-order valence-electron chi connectivity index (χ4n) is 1.99. The van der Waals surface area contributed by atoms with Crippen LogP contribution in [0.2, 0.25) is 0 Å². The maximum Gasteiger partial charge on any atom is 0.151 e. The maximum absolute atomic E-state index is 10.9. The van der Waals surface area contributed by atoms with E-state index >= 15 is 0 Å². The first-order chi connectivity index (χ1) is 8.17. The Labute approximate surface area is 99.9 Å². The Morgan fingerprint density at radius 1 is 1.24 bits per heavy atom. The van der Waals surface area contributed by atoms with Crippen molar-refractivity contribution in [2.75, 3.05) is 0 Å². The zero-order chi connectivity index (χ0) is 12.4. The van der Waals surface area contributed by atoms with Gasteiger partial charge in [-0.3, -0.25) is 4.79 Å². The second-order valence-electron chi connectivity index (χ2n) is 3.94. The minimum Gasteiger partial charge on any atom is -0.318 e. The van der Waals surface area contributed by atoms with Crippen LogP contribution in [0.5, 0.6) is 0 Å². The van der Waals surface area contributed by atoms with Crippen LogP contribution in [0.1, 0.15) is 27.3 Å². The topological polar surface area (TPSA) is 45.8 Å². The molecule has 3 nitrogen and oxygen atoms in total. The summed E-state index contributed by atoms with van der Waals surface area (Å²) in [6.45, 7) is 3.87. The monoisotopic (exact) mass is 224 g/mol. The first-order valence-electron chi connectivity index (χ1n) is 5.32. The van der Waals surface area contributed by atoms with Gasteiger partial charge in [0.1, 0.15) is 0 Å². The molecule has 3 heteroatoms. The van der Waals surface area contributed by atoms with Crippen molar-refractivity contribution in [3.8, 4) is 11.8 Å². The summed E-state index contributed by atoms with van der Waals surface area (Å²) < 4.78 is 2.00. The summed E-state index contributed by atoms with van der Waals surface area (Å²) in [7, 11) is 0. The van der Waals surface area contributed by atoms with Gasteiger partial charge >= 0.3 is 0 Å². The average Bonchev–Trinajstić information content (AvgIpc) is 2.64. The number of hydrogen-bond donors (Lipinski definition) is 0. The highest BCUT2D eigenvalue weighted by molar-refractivity contribution is 5.77. The standard InChI is InChI=1S/C14H12N2O/c1-10-7-13(9-17)11(2)16(10)14-5-3-12(8-15)4-6-14/h3-7,9H,1-2H3. The molecule has 84 valence electrons. The first kappa shape index (κ1) is 11.2. The number of nitrogens with zero attached hydrogens (tertiary/aromatic N) is 2. The summed E-state index contributed by atoms with van der Waals surface area (Å²) in [5, 5.41) is 8.75. The van der Waals surface area contributed by atoms with E-state index in [0.717, 1.165) is 23.4 Å². The normalized spacial score (nSPS) is 9.94. The van der Waals surface area contributed by atoms with Crippen LogP contribution in [0, 0.1) is 25.2 Å². The third kappa shape index (κ3) is 1.85. The third-order valence-electron chi connectivity index (χ3n) is 2.85. The van der Waals surface area contributed by atoms with Gasteiger partial charge in [-0.15, -0.1) is 0 Å². The van der Waals surface area contributed by atoms with Crippen molar-refractivity contribution in [1.29, 1.82) is 5.26 Å². The molecule has 0 fully saturated rings. The van der Waals surface area contributed by atoms with Crippen LogP contribution in [0.25, 0.3) is 5.69 Å². The molecule has 1 aromatic heterocycles. The lowest BCUT2D eigenvalue weighted by molar-refractivity contribution is 0.112. The van der Waals surface area contributed by atoms with Crippen LogP contribution < -0.4 is 0 Å². The third-order valence-corrected chi connectivity index (χ3v) is 2.85. The van der Waals surface area contributed by atoms with Gasteiger partial charge in [-0.2, -0.15) is 5.26 Å². The van der Waals surface area contributed by atoms with E-state index < -0.39 is 0 Å². The van der Waals surface area contributed by atoms with Crippen LogP contribution in [-0.2, 0) is 0 Å². The van der Waals surface area contributed by atoms with Crippen LogP contribution in [-0.4, -0.2) is 10.9 Å². The number of aryl methyl sites for hydroxylation is 1. The quantitative estimate of drug-likeness (QED) is 0.736. The number of hydrogen-bond acceptors (Lipinski definition) is 2. The Kier molecular flexibility index (Phi) is 2.80. The summed E-state index contributed by atoms with van der Waals surface area (Å²) in [6.07, 6.45) is 0.864. The molecule has 0 N–H and O–H groups in total. The van der Waals surface area contributed by atoms with Crippen molar-refractivity contribution in [3.05, 3.63) is 52.8 Å². The first-order valence-corrected chi connectivity index (χ1v) is 5.32. The van der Waals surface area contributed by atoms with Crippen molar-refractivity contribution in [1.82, 2.24) is 4.57 Å². The summed E-state index contributed by atoms with van der Waals surface area (Å²) >= 11 is 0. The molecule has 0 spiro atoms. The van der Waals surface area contributed by atoms with Gasteiger partial charge in [0.2, 0.25) is 0 Å². The zero-order valence-electron chi connectivity index (χ0n) is 9.77. The van der Waals surface area contributed by atoms with Crippen LogP contribution >= 0.6 is 0 Å². The van der Waals surface area contributed by atoms with Crippen LogP contribution in [0.3, 0.4) is 0 Å². The molecule has 0 atom stereocenters. The summed E-state index contributed by atoms with van der Waals surface area (Å²) in [6, 6.07) is 11.3. The summed E-state index contributed by atoms with van der Waals surface area (Å²) in [5.41, 5.74) is 4.22. The van der Waals surface area contributed by atoms with Gasteiger partial charge in [-0.1, -0.05) is 0 Å². The molecular formula is C14H12N2O. The van der Waals surface area contributed by atoms with Crippen molar-refractivity contribution in [2.24, 2.45) is 0 Å². The van der Waals surface area contributed by atoms with E-state index in [4.69, 9.17) is 5.26 Å². The molecule has 0 unspecified atom stereocenters. The lowest BCUT2D eigenvalue weighted by Crippen LogP contribution is -1.99. The Balaban J connectivity index is 2.56.